The normalized spacial score (nSPS) is 39.8. The molecule has 0 aliphatic heterocycles. The Morgan fingerprint density at radius 1 is 1.00 bits per heavy atom. The van der Waals surface area contributed by atoms with Gasteiger partial charge in [-0.3, -0.25) is 0 Å². The summed E-state index contributed by atoms with van der Waals surface area (Å²) < 4.78 is 5.95. The fourth-order valence-corrected chi connectivity index (χ4v) is 9.53. The van der Waals surface area contributed by atoms with Crippen molar-refractivity contribution in [3.05, 3.63) is 47.5 Å². The highest BCUT2D eigenvalue weighted by Crippen LogP contribution is 2.67. The van der Waals surface area contributed by atoms with Crippen LogP contribution >= 0.6 is 0 Å². The van der Waals surface area contributed by atoms with Crippen LogP contribution < -0.4 is 0 Å². The van der Waals surface area contributed by atoms with E-state index >= 15 is 0 Å². The number of fused-ring (bicyclic) bond motifs is 5. The highest BCUT2D eigenvalue weighted by atomic mass is 16.5. The molecule has 5 rings (SSSR count). The Morgan fingerprint density at radius 3 is 2.49 bits per heavy atom. The number of carbonyl (C=O) groups excluding carboxylic acids is 1. The van der Waals surface area contributed by atoms with Crippen molar-refractivity contribution in [3.63, 3.8) is 0 Å². The minimum atomic E-state index is -0.365. The van der Waals surface area contributed by atoms with Gasteiger partial charge in [-0.25, -0.2) is 4.79 Å². The predicted molar refractivity (Wildman–Crippen MR) is 150 cm³/mol. The molecule has 3 saturated carbocycles. The van der Waals surface area contributed by atoms with Gasteiger partial charge in [0.2, 0.25) is 0 Å². The number of aliphatic hydroxyl groups is 1. The van der Waals surface area contributed by atoms with Gasteiger partial charge in [-0.1, -0.05) is 83.7 Å². The zero-order valence-electron chi connectivity index (χ0n) is 23.9. The molecule has 3 fully saturated rings. The molecular weight excluding hydrogens is 456 g/mol. The lowest BCUT2D eigenvalue weighted by molar-refractivity contribution is -0.0978. The van der Waals surface area contributed by atoms with Crippen molar-refractivity contribution < 1.29 is 14.6 Å². The first kappa shape index (κ1) is 27.0. The second kappa shape index (κ2) is 10.5. The Morgan fingerprint density at radius 2 is 1.76 bits per heavy atom. The van der Waals surface area contributed by atoms with Gasteiger partial charge in [-0.2, -0.15) is 0 Å². The third-order valence-corrected chi connectivity index (χ3v) is 11.6. The van der Waals surface area contributed by atoms with E-state index in [-0.39, 0.29) is 23.6 Å². The summed E-state index contributed by atoms with van der Waals surface area (Å²) >= 11 is 0. The summed E-state index contributed by atoms with van der Waals surface area (Å²) in [5.41, 5.74) is 2.46. The highest BCUT2D eigenvalue weighted by Gasteiger charge is 2.61. The zero-order chi connectivity index (χ0) is 26.4. The van der Waals surface area contributed by atoms with Crippen LogP contribution in [0.15, 0.2) is 42.0 Å². The van der Waals surface area contributed by atoms with E-state index in [4.69, 9.17) is 4.74 Å². The second-order valence-electron chi connectivity index (χ2n) is 14.1. The molecule has 1 aromatic rings. The monoisotopic (exact) mass is 506 g/mol. The van der Waals surface area contributed by atoms with Crippen molar-refractivity contribution in [1.29, 1.82) is 0 Å². The van der Waals surface area contributed by atoms with Crippen molar-refractivity contribution in [2.75, 3.05) is 0 Å². The summed E-state index contributed by atoms with van der Waals surface area (Å²) in [6.45, 7) is 12.2. The van der Waals surface area contributed by atoms with Crippen LogP contribution in [0.1, 0.15) is 109 Å². The first-order valence-electron chi connectivity index (χ1n) is 15.3. The van der Waals surface area contributed by atoms with Crippen molar-refractivity contribution in [2.24, 2.45) is 46.3 Å². The summed E-state index contributed by atoms with van der Waals surface area (Å²) in [6.07, 6.45) is 13.7. The average molecular weight is 507 g/mol. The summed E-state index contributed by atoms with van der Waals surface area (Å²) in [7, 11) is 0. The first-order chi connectivity index (χ1) is 17.6. The van der Waals surface area contributed by atoms with Gasteiger partial charge in [0.15, 0.2) is 0 Å². The molecule has 204 valence electrons. The molecule has 4 aliphatic carbocycles. The number of benzene rings is 1. The number of esters is 1. The number of rotatable bonds is 7. The highest BCUT2D eigenvalue weighted by molar-refractivity contribution is 5.89. The van der Waals surface area contributed by atoms with E-state index in [0.29, 0.717) is 28.7 Å². The molecule has 0 amide bonds. The lowest BCUT2D eigenvalue weighted by Crippen LogP contribution is -2.55. The van der Waals surface area contributed by atoms with Crippen LogP contribution in [0.25, 0.3) is 0 Å². The third-order valence-electron chi connectivity index (χ3n) is 11.6. The fourth-order valence-electron chi connectivity index (χ4n) is 9.53. The van der Waals surface area contributed by atoms with Crippen LogP contribution in [0.5, 0.6) is 0 Å². The Labute approximate surface area is 225 Å². The van der Waals surface area contributed by atoms with Crippen LogP contribution in [0, 0.1) is 46.3 Å². The van der Waals surface area contributed by atoms with E-state index in [2.05, 4.69) is 40.7 Å². The maximum absolute atomic E-state index is 12.7. The quantitative estimate of drug-likeness (QED) is 0.299. The number of hydrogen-bond donors (Lipinski definition) is 1. The van der Waals surface area contributed by atoms with Crippen molar-refractivity contribution >= 4 is 5.97 Å². The standard InChI is InChI=1S/C34H50O3/c1-22(2)10-9-11-23(3)27-14-15-28-31-29(17-19-34(27,28)5)33(4)18-16-26(20-25(33)21-30(31)35)37-32(36)24-12-7-6-8-13-24/h6-8,12-13,21-23,26-31,35H,9-11,14-20H2,1-5H3/t23-,26-,27-,28+,29+,30+,31+,33-,34+/m0/s1. The van der Waals surface area contributed by atoms with E-state index in [9.17, 15) is 9.90 Å². The molecule has 0 bridgehead atoms. The summed E-state index contributed by atoms with van der Waals surface area (Å²) in [6, 6.07) is 9.32. The fraction of sp³-hybridized carbons (Fsp3) is 0.735. The van der Waals surface area contributed by atoms with Crippen LogP contribution in [-0.2, 0) is 4.74 Å². The smallest absolute Gasteiger partial charge is 0.338 e. The van der Waals surface area contributed by atoms with Crippen molar-refractivity contribution in [2.45, 2.75) is 111 Å². The Kier molecular flexibility index (Phi) is 7.66. The molecule has 37 heavy (non-hydrogen) atoms. The lowest BCUT2D eigenvalue weighted by atomic mass is 9.46. The molecule has 3 nitrogen and oxygen atoms in total. The van der Waals surface area contributed by atoms with Crippen LogP contribution in [0.3, 0.4) is 0 Å². The minimum absolute atomic E-state index is 0.0906. The van der Waals surface area contributed by atoms with Gasteiger partial charge in [0, 0.05) is 6.42 Å². The molecule has 0 radical (unpaired) electrons. The van der Waals surface area contributed by atoms with Gasteiger partial charge >= 0.3 is 5.97 Å². The lowest BCUT2D eigenvalue weighted by Gasteiger charge is -2.59. The largest absolute Gasteiger partial charge is 0.458 e. The van der Waals surface area contributed by atoms with Gasteiger partial charge < -0.3 is 9.84 Å². The second-order valence-corrected chi connectivity index (χ2v) is 14.1. The molecule has 3 heteroatoms. The third kappa shape index (κ3) is 4.95. The number of aliphatic hydroxyl groups excluding tert-OH is 1. The van der Waals surface area contributed by atoms with Crippen LogP contribution in [0.4, 0.5) is 0 Å². The van der Waals surface area contributed by atoms with E-state index in [1.807, 2.05) is 30.3 Å². The van der Waals surface area contributed by atoms with E-state index < -0.39 is 0 Å². The maximum atomic E-state index is 12.7. The summed E-state index contributed by atoms with van der Waals surface area (Å²) in [4.78, 5) is 12.7. The van der Waals surface area contributed by atoms with Gasteiger partial charge in [0.1, 0.15) is 6.10 Å². The molecule has 0 aromatic heterocycles. The number of carbonyl (C=O) groups is 1. The molecule has 0 heterocycles. The average Bonchev–Trinajstić information content (AvgIpc) is 3.22. The van der Waals surface area contributed by atoms with Crippen LogP contribution in [-0.4, -0.2) is 23.3 Å². The van der Waals surface area contributed by atoms with Gasteiger partial charge in [-0.05, 0) is 97.0 Å². The molecule has 1 N–H and O–H groups in total. The zero-order valence-corrected chi connectivity index (χ0v) is 23.9. The SMILES string of the molecule is CC(C)CCC[C@H](C)[C@@H]1CC[C@@H]2[C@H]3[C@H](O)C=C4C[C@@H](OC(=O)c5ccccc5)CC[C@]4(C)[C@@H]3CC[C@@]21C. The van der Waals surface area contributed by atoms with Crippen LogP contribution in [0.2, 0.25) is 0 Å². The number of ether oxygens (including phenoxy) is 1. The van der Waals surface area contributed by atoms with E-state index in [1.54, 1.807) is 0 Å². The molecule has 0 saturated heterocycles. The predicted octanol–water partition coefficient (Wildman–Crippen LogP) is 8.22. The molecule has 4 aliphatic rings. The Hall–Kier alpha value is -1.61. The Bertz CT molecular complexity index is 982. The molecule has 0 spiro atoms. The number of hydrogen-bond acceptors (Lipinski definition) is 3. The Balaban J connectivity index is 1.29. The summed E-state index contributed by atoms with van der Waals surface area (Å²) in [5, 5.41) is 11.6. The van der Waals surface area contributed by atoms with Gasteiger partial charge in [0.05, 0.1) is 11.7 Å². The molecular formula is C34H50O3. The van der Waals surface area contributed by atoms with E-state index in [1.165, 1.54) is 50.5 Å². The van der Waals surface area contributed by atoms with Crippen molar-refractivity contribution in [3.8, 4) is 0 Å². The topological polar surface area (TPSA) is 46.5 Å². The molecule has 1 aromatic carbocycles. The first-order valence-corrected chi connectivity index (χ1v) is 15.3. The maximum Gasteiger partial charge on any atom is 0.338 e. The van der Waals surface area contributed by atoms with Gasteiger partial charge in [0.25, 0.3) is 0 Å². The summed E-state index contributed by atoms with van der Waals surface area (Å²) in [5.74, 6) is 3.70. The molecule has 0 unspecified atom stereocenters. The van der Waals surface area contributed by atoms with Gasteiger partial charge in [-0.15, -0.1) is 0 Å². The van der Waals surface area contributed by atoms with Crippen molar-refractivity contribution in [1.82, 2.24) is 0 Å². The minimum Gasteiger partial charge on any atom is -0.458 e. The van der Waals surface area contributed by atoms with E-state index in [0.717, 1.165) is 37.0 Å². The molecule has 9 atom stereocenters.